The molecule has 2 rings (SSSR count). The lowest BCUT2D eigenvalue weighted by Gasteiger charge is -2.37. The molecule has 1 N–H and O–H groups in total. The zero-order valence-electron chi connectivity index (χ0n) is 28.3. The molecule has 2 aliphatic rings. The van der Waals surface area contributed by atoms with Crippen LogP contribution in [0.15, 0.2) is 0 Å². The van der Waals surface area contributed by atoms with Crippen LogP contribution < -0.4 is 0 Å². The molecule has 42 heavy (non-hydrogen) atoms. The van der Waals surface area contributed by atoms with E-state index in [-0.39, 0.29) is 39.9 Å². The van der Waals surface area contributed by atoms with Crippen molar-refractivity contribution >= 4 is 34.4 Å². The normalized spacial score (nSPS) is 20.2. The van der Waals surface area contributed by atoms with Crippen molar-refractivity contribution in [3.63, 3.8) is 0 Å². The first-order valence-electron chi connectivity index (χ1n) is 15.6. The Morgan fingerprint density at radius 3 is 1.81 bits per heavy atom. The maximum absolute atomic E-state index is 12.1. The van der Waals surface area contributed by atoms with Crippen molar-refractivity contribution in [3.05, 3.63) is 0 Å². The zero-order valence-corrected chi connectivity index (χ0v) is 30.3. The topological polar surface area (TPSA) is 115 Å². The fourth-order valence-corrected chi connectivity index (χ4v) is 6.00. The number of unbranched alkanes of at least 4 members (excludes halogenated alkanes) is 2. The number of nitrogens with zero attached hydrogens (tertiary/aromatic N) is 2. The van der Waals surface area contributed by atoms with Gasteiger partial charge in [-0.1, -0.05) is 48.0 Å². The second-order valence-electron chi connectivity index (χ2n) is 14.4. The van der Waals surface area contributed by atoms with Gasteiger partial charge in [0.2, 0.25) is 11.8 Å². The highest BCUT2D eigenvalue weighted by molar-refractivity contribution is 6.74. The molecule has 0 aliphatic carbocycles. The van der Waals surface area contributed by atoms with Crippen LogP contribution in [0.1, 0.15) is 99.8 Å². The number of hydroxylamine groups is 4. The van der Waals surface area contributed by atoms with E-state index in [1.54, 1.807) is 0 Å². The second-order valence-corrected chi connectivity index (χ2v) is 24.1. The van der Waals surface area contributed by atoms with Gasteiger partial charge >= 0.3 is 5.97 Å². The molecule has 2 heterocycles. The van der Waals surface area contributed by atoms with Crippen LogP contribution in [0.4, 0.5) is 0 Å². The molecule has 2 aliphatic heterocycles. The van der Waals surface area contributed by atoms with Crippen molar-refractivity contribution in [2.24, 2.45) is 0 Å². The van der Waals surface area contributed by atoms with Crippen molar-refractivity contribution in [2.75, 3.05) is 26.4 Å². The van der Waals surface area contributed by atoms with Crippen LogP contribution in [0.3, 0.4) is 0 Å². The average molecular weight is 633 g/mol. The summed E-state index contributed by atoms with van der Waals surface area (Å²) in [4.78, 5) is 40.2. The minimum atomic E-state index is -1.83. The Morgan fingerprint density at radius 2 is 1.33 bits per heavy atom. The maximum Gasteiger partial charge on any atom is 0.305 e. The molecule has 0 saturated carbocycles. The van der Waals surface area contributed by atoms with Crippen LogP contribution in [0.2, 0.25) is 36.3 Å². The summed E-state index contributed by atoms with van der Waals surface area (Å²) in [5.41, 5.74) is 0. The van der Waals surface area contributed by atoms with Crippen LogP contribution >= 0.6 is 0 Å². The smallest absolute Gasteiger partial charge is 0.305 e. The maximum atomic E-state index is 12.1. The Labute approximate surface area is 256 Å². The molecule has 0 bridgehead atoms. The largest absolute Gasteiger partial charge is 0.466 e. The molecular formula is C30H60N2O8Si2. The van der Waals surface area contributed by atoms with Gasteiger partial charge in [0.25, 0.3) is 0 Å². The molecule has 246 valence electrons. The lowest BCUT2D eigenvalue weighted by atomic mass is 10.2. The Kier molecular flexibility index (Phi) is 15.4. The number of esters is 1. The van der Waals surface area contributed by atoms with E-state index in [9.17, 15) is 19.6 Å². The van der Waals surface area contributed by atoms with Gasteiger partial charge < -0.3 is 13.6 Å². The van der Waals surface area contributed by atoms with E-state index >= 15 is 0 Å². The second kappa shape index (κ2) is 16.7. The third-order valence-electron chi connectivity index (χ3n) is 9.01. The molecule has 10 nitrogen and oxygen atoms in total. The monoisotopic (exact) mass is 632 g/mol. The fourth-order valence-electron chi connectivity index (χ4n) is 3.92. The molecule has 0 radical (unpaired) electrons. The van der Waals surface area contributed by atoms with Gasteiger partial charge in [0.15, 0.2) is 16.6 Å². The predicted octanol–water partition coefficient (Wildman–Crippen LogP) is 6.44. The van der Waals surface area contributed by atoms with Gasteiger partial charge in [0.1, 0.15) is 0 Å². The Balaban J connectivity index is 0.000000470. The summed E-state index contributed by atoms with van der Waals surface area (Å²) < 4.78 is 17.1. The lowest BCUT2D eigenvalue weighted by Crippen LogP contribution is -2.45. The van der Waals surface area contributed by atoms with Gasteiger partial charge in [-0.15, -0.1) is 0 Å². The third-order valence-corrected chi connectivity index (χ3v) is 18.0. The first-order chi connectivity index (χ1) is 19.2. The van der Waals surface area contributed by atoms with Crippen LogP contribution in [0.25, 0.3) is 0 Å². The molecule has 2 unspecified atom stereocenters. The van der Waals surface area contributed by atoms with E-state index in [0.717, 1.165) is 30.7 Å². The zero-order chi connectivity index (χ0) is 32.4. The SMILES string of the molecule is CC(C)(C)[Si](C)(C)OCC1CCC(=O)N1O.CCOC(=O)CCCCCON1C(=O)CCC1CO[Si](C)(C)C(C)(C)C. The van der Waals surface area contributed by atoms with E-state index in [1.807, 2.05) is 6.92 Å². The van der Waals surface area contributed by atoms with E-state index in [0.29, 0.717) is 52.1 Å². The highest BCUT2D eigenvalue weighted by atomic mass is 28.4. The predicted molar refractivity (Wildman–Crippen MR) is 169 cm³/mol. The molecule has 2 atom stereocenters. The summed E-state index contributed by atoms with van der Waals surface area (Å²) in [6.07, 6.45) is 5.37. The Morgan fingerprint density at radius 1 is 0.833 bits per heavy atom. The van der Waals surface area contributed by atoms with Crippen molar-refractivity contribution < 1.29 is 38.0 Å². The summed E-state index contributed by atoms with van der Waals surface area (Å²) in [6, 6.07) is -0.141. The van der Waals surface area contributed by atoms with Gasteiger partial charge in [-0.3, -0.25) is 24.4 Å². The molecule has 2 saturated heterocycles. The van der Waals surface area contributed by atoms with E-state index in [2.05, 4.69) is 67.7 Å². The van der Waals surface area contributed by atoms with Gasteiger partial charge in [-0.2, -0.15) is 0 Å². The summed E-state index contributed by atoms with van der Waals surface area (Å²) >= 11 is 0. The fraction of sp³-hybridized carbons (Fsp3) is 0.900. The van der Waals surface area contributed by atoms with Gasteiger partial charge in [0, 0.05) is 19.3 Å². The molecule has 12 heteroatoms. The molecule has 0 aromatic rings. The first-order valence-corrected chi connectivity index (χ1v) is 21.4. The van der Waals surface area contributed by atoms with E-state index in [4.69, 9.17) is 18.4 Å². The number of ether oxygens (including phenoxy) is 1. The number of carbonyl (C=O) groups excluding carboxylic acids is 3. The standard InChI is InChI=1S/C19H37NO5Si.C11H23NO3Si/c1-7-23-18(22)11-9-8-10-14-24-20-16(12-13-17(20)21)15-25-26(5,6)19(2,3)4;1-11(2,3)16(4,5)15-8-9-6-7-10(13)12(9)14/h16H,7-15H2,1-6H3;9,14H,6-8H2,1-5H3. The van der Waals surface area contributed by atoms with Gasteiger partial charge in [-0.25, -0.2) is 10.1 Å². The van der Waals surface area contributed by atoms with Crippen molar-refractivity contribution in [2.45, 2.75) is 148 Å². The highest BCUT2D eigenvalue weighted by Crippen LogP contribution is 2.38. The van der Waals surface area contributed by atoms with Gasteiger partial charge in [-0.05, 0) is 68.9 Å². The number of hydrogen-bond donors (Lipinski definition) is 1. The Bertz CT molecular complexity index is 870. The molecular weight excluding hydrogens is 573 g/mol. The van der Waals surface area contributed by atoms with Crippen molar-refractivity contribution in [1.29, 1.82) is 0 Å². The minimum absolute atomic E-state index is 0.0103. The van der Waals surface area contributed by atoms with Crippen molar-refractivity contribution in [3.8, 4) is 0 Å². The quantitative estimate of drug-likeness (QED) is 0.101. The minimum Gasteiger partial charge on any atom is -0.466 e. The van der Waals surface area contributed by atoms with Crippen molar-refractivity contribution in [1.82, 2.24) is 10.1 Å². The number of amides is 2. The summed E-state index contributed by atoms with van der Waals surface area (Å²) in [5.74, 6) is -0.296. The first kappa shape index (κ1) is 38.7. The molecule has 2 fully saturated rings. The summed E-state index contributed by atoms with van der Waals surface area (Å²) in [7, 11) is -3.60. The van der Waals surface area contributed by atoms with Gasteiger partial charge in [0.05, 0.1) is 38.5 Å². The summed E-state index contributed by atoms with van der Waals surface area (Å²) in [6.45, 7) is 25.7. The molecule has 0 aromatic heterocycles. The molecule has 0 spiro atoms. The van der Waals surface area contributed by atoms with Crippen LogP contribution in [0, 0.1) is 0 Å². The van der Waals surface area contributed by atoms with E-state index < -0.39 is 16.6 Å². The van der Waals surface area contributed by atoms with Crippen LogP contribution in [0.5, 0.6) is 0 Å². The number of hydrogen-bond acceptors (Lipinski definition) is 8. The summed E-state index contributed by atoms with van der Waals surface area (Å²) in [5, 5.41) is 12.2. The third kappa shape index (κ3) is 12.4. The van der Waals surface area contributed by atoms with E-state index in [1.165, 1.54) is 5.06 Å². The Hall–Kier alpha value is -1.32. The van der Waals surface area contributed by atoms with Crippen LogP contribution in [-0.2, 0) is 32.8 Å². The molecule has 0 aromatic carbocycles. The molecule has 2 amide bonds. The highest BCUT2D eigenvalue weighted by Gasteiger charge is 2.41. The van der Waals surface area contributed by atoms with Crippen LogP contribution in [-0.4, -0.2) is 88.3 Å². The number of carbonyl (C=O) groups is 3. The lowest BCUT2D eigenvalue weighted by molar-refractivity contribution is -0.192. The number of rotatable bonds is 14. The average Bonchev–Trinajstić information content (AvgIpc) is 3.38.